The first-order chi connectivity index (χ1) is 3.81. The quantitative estimate of drug-likeness (QED) is 0.624. The molecule has 0 aromatic heterocycles. The average molecular weight is 198 g/mol. The second kappa shape index (κ2) is 8.66. The molecule has 0 rings (SSSR count). The number of hydrogen-bond donors (Lipinski definition) is 0. The topological polar surface area (TPSA) is 18.5 Å². The Kier molecular flexibility index (Phi) is 11.9. The van der Waals surface area contributed by atoms with Gasteiger partial charge in [0, 0.05) is 30.3 Å². The average Bonchev–Trinajstić information content (AvgIpc) is 1.68. The van der Waals surface area contributed by atoms with Crippen LogP contribution in [0.15, 0.2) is 0 Å². The second-order valence-corrected chi connectivity index (χ2v) is 3.28. The minimum absolute atomic E-state index is 0. The molecule has 0 fully saturated rings. The van der Waals surface area contributed by atoms with Crippen molar-refractivity contribution in [2.45, 2.75) is 20.4 Å². The van der Waals surface area contributed by atoms with E-state index in [1.165, 1.54) is 0 Å². The molecule has 0 atom stereocenters. The fraction of sp³-hybridized carbons (Fsp3) is 1.00. The molecule has 61 valence electrons. The fourth-order valence-corrected chi connectivity index (χ4v) is 1.55. The molecular weight excluding hydrogens is 184 g/mol. The Morgan fingerprint density at radius 3 is 1.67 bits per heavy atom. The van der Waals surface area contributed by atoms with Crippen molar-refractivity contribution >= 4 is 9.28 Å². The molecule has 0 amide bonds. The largest absolute Gasteiger partial charge is 0.397 e. The molecule has 0 aliphatic rings. The maximum absolute atomic E-state index is 5.20. The van der Waals surface area contributed by atoms with Gasteiger partial charge in [0.2, 0.25) is 0 Å². The SMILES string of the molecule is CCO[SiH](C)OCC.[Cu]. The van der Waals surface area contributed by atoms with E-state index in [2.05, 4.69) is 0 Å². The number of hydrogen-bond acceptors (Lipinski definition) is 2. The molecule has 0 aromatic rings. The van der Waals surface area contributed by atoms with E-state index >= 15 is 0 Å². The summed E-state index contributed by atoms with van der Waals surface area (Å²) in [6.07, 6.45) is 0. The summed E-state index contributed by atoms with van der Waals surface area (Å²) in [7, 11) is -1.20. The first kappa shape index (κ1) is 12.3. The molecule has 0 spiro atoms. The Morgan fingerprint density at radius 2 is 1.44 bits per heavy atom. The molecule has 1 radical (unpaired) electrons. The first-order valence-corrected chi connectivity index (χ1v) is 5.14. The number of rotatable bonds is 4. The molecule has 0 bridgehead atoms. The predicted molar refractivity (Wildman–Crippen MR) is 36.3 cm³/mol. The van der Waals surface area contributed by atoms with E-state index < -0.39 is 9.28 Å². The zero-order valence-electron chi connectivity index (χ0n) is 6.11. The summed E-state index contributed by atoms with van der Waals surface area (Å²) in [4.78, 5) is 0. The van der Waals surface area contributed by atoms with Crippen LogP contribution >= 0.6 is 0 Å². The molecule has 0 aliphatic carbocycles. The first-order valence-electron chi connectivity index (χ1n) is 3.04. The molecule has 0 N–H and O–H groups in total. The molecule has 0 heterocycles. The predicted octanol–water partition coefficient (Wildman–Crippen LogP) is 0.907. The van der Waals surface area contributed by atoms with Crippen molar-refractivity contribution in [1.29, 1.82) is 0 Å². The van der Waals surface area contributed by atoms with Crippen LogP contribution in [-0.2, 0) is 25.9 Å². The smallest absolute Gasteiger partial charge is 0.318 e. The summed E-state index contributed by atoms with van der Waals surface area (Å²) in [6.45, 7) is 7.58. The van der Waals surface area contributed by atoms with Gasteiger partial charge >= 0.3 is 9.28 Å². The molecule has 9 heavy (non-hydrogen) atoms. The van der Waals surface area contributed by atoms with E-state index in [0.717, 1.165) is 13.2 Å². The van der Waals surface area contributed by atoms with Gasteiger partial charge in [-0.25, -0.2) is 0 Å². The third-order valence-corrected chi connectivity index (χ3v) is 2.41. The van der Waals surface area contributed by atoms with Gasteiger partial charge in [-0.15, -0.1) is 0 Å². The van der Waals surface area contributed by atoms with Gasteiger partial charge in [-0.05, 0) is 20.4 Å². The van der Waals surface area contributed by atoms with Gasteiger partial charge in [0.25, 0.3) is 0 Å². The van der Waals surface area contributed by atoms with Gasteiger partial charge in [0.15, 0.2) is 0 Å². The zero-order valence-corrected chi connectivity index (χ0v) is 8.21. The van der Waals surface area contributed by atoms with E-state index in [4.69, 9.17) is 8.85 Å². The summed E-state index contributed by atoms with van der Waals surface area (Å²) in [5, 5.41) is 0. The zero-order chi connectivity index (χ0) is 6.41. The van der Waals surface area contributed by atoms with Crippen LogP contribution in [0.1, 0.15) is 13.8 Å². The van der Waals surface area contributed by atoms with Gasteiger partial charge in [-0.1, -0.05) is 0 Å². The van der Waals surface area contributed by atoms with E-state index in [-0.39, 0.29) is 17.1 Å². The van der Waals surface area contributed by atoms with Gasteiger partial charge < -0.3 is 8.85 Å². The van der Waals surface area contributed by atoms with Gasteiger partial charge in [-0.2, -0.15) is 0 Å². The van der Waals surface area contributed by atoms with Crippen molar-refractivity contribution in [2.75, 3.05) is 13.2 Å². The van der Waals surface area contributed by atoms with Crippen LogP contribution in [0, 0.1) is 0 Å². The van der Waals surface area contributed by atoms with E-state index in [1.807, 2.05) is 20.4 Å². The molecule has 0 aliphatic heterocycles. The molecule has 0 unspecified atom stereocenters. The minimum Gasteiger partial charge on any atom is -0.397 e. The third kappa shape index (κ3) is 8.66. The van der Waals surface area contributed by atoms with Crippen LogP contribution in [0.3, 0.4) is 0 Å². The van der Waals surface area contributed by atoms with E-state index in [0.29, 0.717) is 0 Å². The van der Waals surface area contributed by atoms with Crippen LogP contribution in [0.25, 0.3) is 0 Å². The maximum Gasteiger partial charge on any atom is 0.318 e. The van der Waals surface area contributed by atoms with Crippen molar-refractivity contribution < 1.29 is 25.9 Å². The molecule has 2 nitrogen and oxygen atoms in total. The normalized spacial score (nSPS) is 9.33. The van der Waals surface area contributed by atoms with Crippen molar-refractivity contribution in [2.24, 2.45) is 0 Å². The van der Waals surface area contributed by atoms with Crippen LogP contribution in [0.2, 0.25) is 6.55 Å². The van der Waals surface area contributed by atoms with Crippen LogP contribution in [-0.4, -0.2) is 22.5 Å². The molecule has 0 saturated heterocycles. The Labute approximate surface area is 69.2 Å². The summed E-state index contributed by atoms with van der Waals surface area (Å²) in [5.41, 5.74) is 0. The molecule has 4 heteroatoms. The van der Waals surface area contributed by atoms with E-state index in [9.17, 15) is 0 Å². The maximum atomic E-state index is 5.20. The summed E-state index contributed by atoms with van der Waals surface area (Å²) >= 11 is 0. The summed E-state index contributed by atoms with van der Waals surface area (Å²) in [6, 6.07) is 0. The van der Waals surface area contributed by atoms with Crippen LogP contribution < -0.4 is 0 Å². The second-order valence-electron chi connectivity index (χ2n) is 1.48. The molecule has 0 aromatic carbocycles. The van der Waals surface area contributed by atoms with Crippen molar-refractivity contribution in [3.63, 3.8) is 0 Å². The van der Waals surface area contributed by atoms with Gasteiger partial charge in [-0.3, -0.25) is 0 Å². The van der Waals surface area contributed by atoms with Crippen LogP contribution in [0.5, 0.6) is 0 Å². The van der Waals surface area contributed by atoms with E-state index in [1.54, 1.807) is 0 Å². The fourth-order valence-electron chi connectivity index (χ4n) is 0.518. The Morgan fingerprint density at radius 1 is 1.11 bits per heavy atom. The van der Waals surface area contributed by atoms with Crippen molar-refractivity contribution in [3.8, 4) is 0 Å². The monoisotopic (exact) mass is 197 g/mol. The Bertz CT molecular complexity index is 48.2. The van der Waals surface area contributed by atoms with Crippen molar-refractivity contribution in [1.82, 2.24) is 0 Å². The molecular formula is C5H14CuO2Si. The van der Waals surface area contributed by atoms with Crippen LogP contribution in [0.4, 0.5) is 0 Å². The minimum atomic E-state index is -1.20. The summed E-state index contributed by atoms with van der Waals surface area (Å²) < 4.78 is 10.4. The Balaban J connectivity index is 0. The molecule has 0 saturated carbocycles. The Hall–Kier alpha value is 0.656. The van der Waals surface area contributed by atoms with Gasteiger partial charge in [0.1, 0.15) is 0 Å². The summed E-state index contributed by atoms with van der Waals surface area (Å²) in [5.74, 6) is 0. The van der Waals surface area contributed by atoms with Gasteiger partial charge in [0.05, 0.1) is 0 Å². The van der Waals surface area contributed by atoms with Crippen molar-refractivity contribution in [3.05, 3.63) is 0 Å². The standard InChI is InChI=1S/C5H14O2Si.Cu/c1-4-6-8(3)7-5-2;/h8H,4-5H2,1-3H3;. The third-order valence-electron chi connectivity index (χ3n) is 0.803.